The average molecular weight is 321 g/mol. The van der Waals surface area contributed by atoms with E-state index in [1.807, 2.05) is 30.3 Å². The fourth-order valence-corrected chi connectivity index (χ4v) is 2.56. The molecule has 1 aromatic heterocycles. The normalized spacial score (nSPS) is 16.9. The molecule has 0 atom stereocenters. The number of aliphatic hydroxyl groups is 1. The highest BCUT2D eigenvalue weighted by atomic mass is 79.9. The number of halogens is 1. The van der Waals surface area contributed by atoms with Crippen molar-refractivity contribution in [1.29, 1.82) is 0 Å². The minimum Gasteiger partial charge on any atom is -0.395 e. The van der Waals surface area contributed by atoms with Gasteiger partial charge in [0.1, 0.15) is 5.82 Å². The molecule has 3 rings (SSSR count). The number of hydrogen-bond donors (Lipinski definition) is 1. The van der Waals surface area contributed by atoms with E-state index in [-0.39, 0.29) is 6.61 Å². The summed E-state index contributed by atoms with van der Waals surface area (Å²) in [4.78, 5) is 8.88. The van der Waals surface area contributed by atoms with Crippen LogP contribution < -0.4 is 0 Å². The van der Waals surface area contributed by atoms with E-state index < -0.39 is 5.41 Å². The lowest BCUT2D eigenvalue weighted by Gasteiger charge is -2.38. The van der Waals surface area contributed by atoms with Crippen LogP contribution in [0.5, 0.6) is 0 Å². The van der Waals surface area contributed by atoms with E-state index >= 15 is 0 Å². The zero-order valence-corrected chi connectivity index (χ0v) is 11.8. The van der Waals surface area contributed by atoms with Crippen LogP contribution in [0.15, 0.2) is 41.0 Å². The first-order valence-electron chi connectivity index (χ1n) is 6.02. The van der Waals surface area contributed by atoms with Crippen LogP contribution >= 0.6 is 15.9 Å². The van der Waals surface area contributed by atoms with E-state index in [1.165, 1.54) is 0 Å². The molecule has 4 nitrogen and oxygen atoms in total. The lowest BCUT2D eigenvalue weighted by molar-refractivity contribution is -0.0883. The van der Waals surface area contributed by atoms with Gasteiger partial charge in [0.25, 0.3) is 0 Å². The summed E-state index contributed by atoms with van der Waals surface area (Å²) in [5, 5.41) is 9.54. The first kappa shape index (κ1) is 12.7. The number of aliphatic hydroxyl groups excluding tert-OH is 1. The van der Waals surface area contributed by atoms with Crippen molar-refractivity contribution < 1.29 is 9.84 Å². The van der Waals surface area contributed by atoms with Crippen LogP contribution in [-0.4, -0.2) is 34.9 Å². The van der Waals surface area contributed by atoms with Crippen LogP contribution in [0.25, 0.3) is 11.3 Å². The van der Waals surface area contributed by atoms with Crippen LogP contribution in [0, 0.1) is 0 Å². The van der Waals surface area contributed by atoms with Crippen LogP contribution in [0.1, 0.15) is 5.82 Å². The Balaban J connectivity index is 2.03. The second-order valence-electron chi connectivity index (χ2n) is 4.68. The van der Waals surface area contributed by atoms with Crippen molar-refractivity contribution in [3.63, 3.8) is 0 Å². The standard InChI is InChI=1S/C14H13BrN2O2/c15-11-4-2-1-3-10(11)12-5-6-16-13(17-12)14(7-18)8-19-9-14/h1-6,18H,7-9H2. The van der Waals surface area contributed by atoms with Crippen LogP contribution in [-0.2, 0) is 10.2 Å². The van der Waals surface area contributed by atoms with E-state index in [0.717, 1.165) is 15.7 Å². The van der Waals surface area contributed by atoms with Crippen molar-refractivity contribution in [3.05, 3.63) is 46.8 Å². The van der Waals surface area contributed by atoms with Crippen LogP contribution in [0.3, 0.4) is 0 Å². The van der Waals surface area contributed by atoms with Crippen molar-refractivity contribution in [3.8, 4) is 11.3 Å². The van der Waals surface area contributed by atoms with Gasteiger partial charge in [0.2, 0.25) is 0 Å². The molecule has 0 saturated carbocycles. The number of benzene rings is 1. The molecule has 2 aromatic rings. The van der Waals surface area contributed by atoms with Crippen molar-refractivity contribution in [2.45, 2.75) is 5.41 Å². The summed E-state index contributed by atoms with van der Waals surface area (Å²) in [7, 11) is 0. The van der Waals surface area contributed by atoms with E-state index in [4.69, 9.17) is 4.74 Å². The van der Waals surface area contributed by atoms with E-state index in [0.29, 0.717) is 19.0 Å². The Morgan fingerprint density at radius 1 is 1.26 bits per heavy atom. The first-order valence-corrected chi connectivity index (χ1v) is 6.81. The molecule has 0 aliphatic carbocycles. The van der Waals surface area contributed by atoms with Crippen molar-refractivity contribution >= 4 is 15.9 Å². The SMILES string of the molecule is OCC1(c2nccc(-c3ccccc3Br)n2)COC1. The number of nitrogens with zero attached hydrogens (tertiary/aromatic N) is 2. The Morgan fingerprint density at radius 2 is 2.05 bits per heavy atom. The molecule has 0 amide bonds. The van der Waals surface area contributed by atoms with Gasteiger partial charge in [0, 0.05) is 16.2 Å². The number of aromatic nitrogens is 2. The monoisotopic (exact) mass is 320 g/mol. The van der Waals surface area contributed by atoms with Gasteiger partial charge < -0.3 is 9.84 Å². The maximum absolute atomic E-state index is 9.54. The third-order valence-electron chi connectivity index (χ3n) is 3.34. The molecule has 0 bridgehead atoms. The maximum Gasteiger partial charge on any atom is 0.142 e. The molecule has 1 aromatic carbocycles. The summed E-state index contributed by atoms with van der Waals surface area (Å²) >= 11 is 3.52. The van der Waals surface area contributed by atoms with Gasteiger partial charge in [-0.15, -0.1) is 0 Å². The summed E-state index contributed by atoms with van der Waals surface area (Å²) in [6.07, 6.45) is 1.73. The van der Waals surface area contributed by atoms with Gasteiger partial charge in [-0.2, -0.15) is 0 Å². The summed E-state index contributed by atoms with van der Waals surface area (Å²) in [5.41, 5.74) is 1.42. The zero-order valence-electron chi connectivity index (χ0n) is 10.2. The lowest BCUT2D eigenvalue weighted by Crippen LogP contribution is -2.51. The third kappa shape index (κ3) is 2.18. The Bertz CT molecular complexity index is 594. The van der Waals surface area contributed by atoms with Gasteiger partial charge in [-0.05, 0) is 12.1 Å². The second-order valence-corrected chi connectivity index (χ2v) is 5.53. The van der Waals surface area contributed by atoms with Crippen molar-refractivity contribution in [2.24, 2.45) is 0 Å². The molecule has 0 radical (unpaired) electrons. The molecule has 5 heteroatoms. The molecular weight excluding hydrogens is 308 g/mol. The number of rotatable bonds is 3. The van der Waals surface area contributed by atoms with E-state index in [1.54, 1.807) is 6.20 Å². The predicted molar refractivity (Wildman–Crippen MR) is 74.8 cm³/mol. The average Bonchev–Trinajstić information content (AvgIpc) is 2.39. The van der Waals surface area contributed by atoms with Crippen LogP contribution in [0.2, 0.25) is 0 Å². The molecular formula is C14H13BrN2O2. The molecule has 2 heterocycles. The van der Waals surface area contributed by atoms with Gasteiger partial charge in [-0.25, -0.2) is 9.97 Å². The molecule has 98 valence electrons. The van der Waals surface area contributed by atoms with Crippen molar-refractivity contribution in [1.82, 2.24) is 9.97 Å². The zero-order chi connectivity index (χ0) is 13.3. The van der Waals surface area contributed by atoms with E-state index in [9.17, 15) is 5.11 Å². The van der Waals surface area contributed by atoms with Gasteiger partial charge >= 0.3 is 0 Å². The Kier molecular flexibility index (Phi) is 3.35. The molecule has 0 spiro atoms. The van der Waals surface area contributed by atoms with Gasteiger partial charge in [-0.1, -0.05) is 34.1 Å². The summed E-state index contributed by atoms with van der Waals surface area (Å²) in [6, 6.07) is 9.78. The predicted octanol–water partition coefficient (Wildman–Crippen LogP) is 2.17. The highest BCUT2D eigenvalue weighted by molar-refractivity contribution is 9.10. The van der Waals surface area contributed by atoms with Gasteiger partial charge in [0.05, 0.1) is 30.9 Å². The highest BCUT2D eigenvalue weighted by Crippen LogP contribution is 2.32. The van der Waals surface area contributed by atoms with Gasteiger partial charge in [0.15, 0.2) is 0 Å². The van der Waals surface area contributed by atoms with Crippen molar-refractivity contribution in [2.75, 3.05) is 19.8 Å². The molecule has 1 N–H and O–H groups in total. The number of ether oxygens (including phenoxy) is 1. The molecule has 0 unspecified atom stereocenters. The molecule has 1 saturated heterocycles. The largest absolute Gasteiger partial charge is 0.395 e. The molecule has 1 aliphatic heterocycles. The van der Waals surface area contributed by atoms with Crippen LogP contribution in [0.4, 0.5) is 0 Å². The smallest absolute Gasteiger partial charge is 0.142 e. The Morgan fingerprint density at radius 3 is 2.68 bits per heavy atom. The topological polar surface area (TPSA) is 55.2 Å². The van der Waals surface area contributed by atoms with Gasteiger partial charge in [-0.3, -0.25) is 0 Å². The Labute approximate surface area is 119 Å². The minimum atomic E-state index is -0.433. The fourth-order valence-electron chi connectivity index (χ4n) is 2.07. The quantitative estimate of drug-likeness (QED) is 0.941. The van der Waals surface area contributed by atoms with E-state index in [2.05, 4.69) is 25.9 Å². The second kappa shape index (κ2) is 5.00. The maximum atomic E-state index is 9.54. The summed E-state index contributed by atoms with van der Waals surface area (Å²) in [5.74, 6) is 0.648. The lowest BCUT2D eigenvalue weighted by atomic mass is 9.86. The molecule has 19 heavy (non-hydrogen) atoms. The first-order chi connectivity index (χ1) is 9.25. The summed E-state index contributed by atoms with van der Waals surface area (Å²) in [6.45, 7) is 0.957. The summed E-state index contributed by atoms with van der Waals surface area (Å²) < 4.78 is 6.19. The number of hydrogen-bond acceptors (Lipinski definition) is 4. The fraction of sp³-hybridized carbons (Fsp3) is 0.286. The third-order valence-corrected chi connectivity index (χ3v) is 4.03. The Hall–Kier alpha value is -1.30. The molecule has 1 aliphatic rings. The highest BCUT2D eigenvalue weighted by Gasteiger charge is 2.42. The molecule has 1 fully saturated rings. The minimum absolute atomic E-state index is 0.00636.